The summed E-state index contributed by atoms with van der Waals surface area (Å²) >= 11 is 1.68. The van der Waals surface area contributed by atoms with Gasteiger partial charge in [0, 0.05) is 37.9 Å². The van der Waals surface area contributed by atoms with E-state index in [0.717, 1.165) is 30.4 Å². The SMILES string of the molecule is CN(Cc1csc2ccccc12)C(=O)NCc1ccc(S(=O)(=O)N2CCCCC2)cc1. The number of nitrogens with one attached hydrogen (secondary N) is 1. The van der Waals surface area contributed by atoms with Gasteiger partial charge >= 0.3 is 6.03 Å². The molecule has 0 atom stereocenters. The molecule has 1 N–H and O–H groups in total. The Kier molecular flexibility index (Phi) is 6.60. The third-order valence-electron chi connectivity index (χ3n) is 5.64. The summed E-state index contributed by atoms with van der Waals surface area (Å²) in [7, 11) is -1.66. The fourth-order valence-electron chi connectivity index (χ4n) is 3.83. The summed E-state index contributed by atoms with van der Waals surface area (Å²) in [6.07, 6.45) is 2.91. The Morgan fingerprint density at radius 1 is 1.06 bits per heavy atom. The van der Waals surface area contributed by atoms with Gasteiger partial charge in [0.25, 0.3) is 0 Å². The van der Waals surface area contributed by atoms with Crippen LogP contribution in [0.25, 0.3) is 10.1 Å². The number of hydrogen-bond donors (Lipinski definition) is 1. The highest BCUT2D eigenvalue weighted by Gasteiger charge is 2.25. The van der Waals surface area contributed by atoms with Crippen molar-refractivity contribution in [3.05, 3.63) is 65.0 Å². The normalized spacial score (nSPS) is 15.1. The van der Waals surface area contributed by atoms with Gasteiger partial charge < -0.3 is 10.2 Å². The van der Waals surface area contributed by atoms with E-state index in [2.05, 4.69) is 22.8 Å². The molecule has 1 aromatic heterocycles. The highest BCUT2D eigenvalue weighted by atomic mass is 32.2. The largest absolute Gasteiger partial charge is 0.334 e. The van der Waals surface area contributed by atoms with E-state index in [1.54, 1.807) is 51.9 Å². The predicted octanol–water partition coefficient (Wildman–Crippen LogP) is 4.42. The zero-order chi connectivity index (χ0) is 21.8. The highest BCUT2D eigenvalue weighted by molar-refractivity contribution is 7.89. The van der Waals surface area contributed by atoms with E-state index in [9.17, 15) is 13.2 Å². The number of rotatable bonds is 6. The van der Waals surface area contributed by atoms with Gasteiger partial charge in [0.1, 0.15) is 0 Å². The molecule has 4 rings (SSSR count). The van der Waals surface area contributed by atoms with Gasteiger partial charge in [0.2, 0.25) is 10.0 Å². The minimum absolute atomic E-state index is 0.166. The molecular weight excluding hydrogens is 430 g/mol. The standard InChI is InChI=1S/C23H27N3O3S2/c1-25(16-19-17-30-22-8-4-3-7-21(19)22)23(27)24-15-18-9-11-20(12-10-18)31(28,29)26-13-5-2-6-14-26/h3-4,7-12,17H,2,5-6,13-16H2,1H3,(H,24,27). The lowest BCUT2D eigenvalue weighted by Gasteiger charge is -2.25. The second-order valence-electron chi connectivity index (χ2n) is 7.88. The van der Waals surface area contributed by atoms with Crippen LogP contribution in [0.1, 0.15) is 30.4 Å². The Labute approximate surface area is 187 Å². The summed E-state index contributed by atoms with van der Waals surface area (Å²) < 4.78 is 28.3. The van der Waals surface area contributed by atoms with Crippen LogP contribution in [-0.4, -0.2) is 43.8 Å². The minimum atomic E-state index is -3.43. The molecule has 1 aliphatic heterocycles. The van der Waals surface area contributed by atoms with Crippen LogP contribution in [0.4, 0.5) is 4.79 Å². The molecule has 0 radical (unpaired) electrons. The van der Waals surface area contributed by atoms with Crippen molar-refractivity contribution in [1.29, 1.82) is 0 Å². The summed E-state index contributed by atoms with van der Waals surface area (Å²) in [5.41, 5.74) is 1.99. The van der Waals surface area contributed by atoms with Gasteiger partial charge in [0.05, 0.1) is 4.90 Å². The van der Waals surface area contributed by atoms with Crippen LogP contribution in [0, 0.1) is 0 Å². The molecule has 0 saturated carbocycles. The van der Waals surface area contributed by atoms with Gasteiger partial charge in [-0.2, -0.15) is 4.31 Å². The zero-order valence-corrected chi connectivity index (χ0v) is 19.2. The Morgan fingerprint density at radius 3 is 2.52 bits per heavy atom. The summed E-state index contributed by atoms with van der Waals surface area (Å²) in [6, 6.07) is 14.8. The van der Waals surface area contributed by atoms with E-state index in [1.165, 1.54) is 10.1 Å². The number of piperidine rings is 1. The number of benzene rings is 2. The molecular formula is C23H27N3O3S2. The second kappa shape index (κ2) is 9.38. The first-order valence-corrected chi connectivity index (χ1v) is 12.8. The zero-order valence-electron chi connectivity index (χ0n) is 17.6. The van der Waals surface area contributed by atoms with Crippen LogP contribution in [-0.2, 0) is 23.1 Å². The smallest absolute Gasteiger partial charge is 0.317 e. The molecule has 0 aliphatic carbocycles. The third kappa shape index (κ3) is 4.92. The first kappa shape index (κ1) is 21.8. The molecule has 164 valence electrons. The third-order valence-corrected chi connectivity index (χ3v) is 8.56. The number of urea groups is 1. The number of sulfonamides is 1. The molecule has 31 heavy (non-hydrogen) atoms. The molecule has 2 aromatic carbocycles. The number of carbonyl (C=O) groups excluding carboxylic acids is 1. The number of carbonyl (C=O) groups is 1. The Bertz CT molecular complexity index is 1150. The Hall–Kier alpha value is -2.42. The average Bonchev–Trinajstić information content (AvgIpc) is 3.21. The lowest BCUT2D eigenvalue weighted by atomic mass is 10.2. The van der Waals surface area contributed by atoms with Crippen LogP contribution in [0.2, 0.25) is 0 Å². The van der Waals surface area contributed by atoms with Crippen molar-refractivity contribution in [2.45, 2.75) is 37.2 Å². The van der Waals surface area contributed by atoms with E-state index < -0.39 is 10.0 Å². The Morgan fingerprint density at radius 2 is 1.77 bits per heavy atom. The summed E-state index contributed by atoms with van der Waals surface area (Å²) in [5.74, 6) is 0. The molecule has 0 spiro atoms. The van der Waals surface area contributed by atoms with Gasteiger partial charge in [-0.3, -0.25) is 0 Å². The maximum absolute atomic E-state index is 12.7. The molecule has 3 aromatic rings. The lowest BCUT2D eigenvalue weighted by molar-refractivity contribution is 0.206. The molecule has 1 saturated heterocycles. The van der Waals surface area contributed by atoms with Crippen LogP contribution in [0.15, 0.2) is 58.8 Å². The monoisotopic (exact) mass is 457 g/mol. The molecule has 2 amide bonds. The van der Waals surface area contributed by atoms with Crippen LogP contribution in [0.3, 0.4) is 0 Å². The predicted molar refractivity (Wildman–Crippen MR) is 125 cm³/mol. The van der Waals surface area contributed by atoms with Crippen molar-refractivity contribution in [1.82, 2.24) is 14.5 Å². The maximum atomic E-state index is 12.7. The van der Waals surface area contributed by atoms with Crippen molar-refractivity contribution in [3.8, 4) is 0 Å². The van der Waals surface area contributed by atoms with Gasteiger partial charge in [0.15, 0.2) is 0 Å². The number of fused-ring (bicyclic) bond motifs is 1. The topological polar surface area (TPSA) is 69.7 Å². The maximum Gasteiger partial charge on any atom is 0.317 e. The summed E-state index contributed by atoms with van der Waals surface area (Å²) in [5, 5.41) is 6.18. The molecule has 1 fully saturated rings. The van der Waals surface area contributed by atoms with E-state index in [1.807, 2.05) is 12.1 Å². The molecule has 8 heteroatoms. The number of thiophene rings is 1. The van der Waals surface area contributed by atoms with Crippen LogP contribution in [0.5, 0.6) is 0 Å². The van der Waals surface area contributed by atoms with Gasteiger partial charge in [-0.05, 0) is 52.9 Å². The van der Waals surface area contributed by atoms with E-state index >= 15 is 0 Å². The quantitative estimate of drug-likeness (QED) is 0.596. The number of amides is 2. The van der Waals surface area contributed by atoms with Crippen molar-refractivity contribution < 1.29 is 13.2 Å². The molecule has 2 heterocycles. The molecule has 1 aliphatic rings. The van der Waals surface area contributed by atoms with Crippen molar-refractivity contribution in [2.75, 3.05) is 20.1 Å². The van der Waals surface area contributed by atoms with Gasteiger partial charge in [-0.25, -0.2) is 13.2 Å². The van der Waals surface area contributed by atoms with E-state index in [-0.39, 0.29) is 6.03 Å². The lowest BCUT2D eigenvalue weighted by Crippen LogP contribution is -2.36. The second-order valence-corrected chi connectivity index (χ2v) is 10.7. The van der Waals surface area contributed by atoms with Crippen molar-refractivity contribution in [2.24, 2.45) is 0 Å². The molecule has 6 nitrogen and oxygen atoms in total. The minimum Gasteiger partial charge on any atom is -0.334 e. The van der Waals surface area contributed by atoms with Crippen molar-refractivity contribution >= 4 is 37.5 Å². The van der Waals surface area contributed by atoms with E-state index in [0.29, 0.717) is 31.1 Å². The summed E-state index contributed by atoms with van der Waals surface area (Å²) in [4.78, 5) is 14.5. The van der Waals surface area contributed by atoms with Crippen LogP contribution >= 0.6 is 11.3 Å². The van der Waals surface area contributed by atoms with Crippen LogP contribution < -0.4 is 5.32 Å². The fourth-order valence-corrected chi connectivity index (χ4v) is 6.30. The van der Waals surface area contributed by atoms with Crippen molar-refractivity contribution in [3.63, 3.8) is 0 Å². The number of nitrogens with zero attached hydrogens (tertiary/aromatic N) is 2. The average molecular weight is 458 g/mol. The molecule has 0 unspecified atom stereocenters. The fraction of sp³-hybridized carbons (Fsp3) is 0.348. The number of hydrogen-bond acceptors (Lipinski definition) is 4. The van der Waals surface area contributed by atoms with E-state index in [4.69, 9.17) is 0 Å². The first-order valence-electron chi connectivity index (χ1n) is 10.5. The Balaban J connectivity index is 1.33. The summed E-state index contributed by atoms with van der Waals surface area (Å²) in [6.45, 7) is 2.05. The first-order chi connectivity index (χ1) is 14.9. The van der Waals surface area contributed by atoms with Gasteiger partial charge in [-0.1, -0.05) is 36.8 Å². The molecule has 0 bridgehead atoms. The van der Waals surface area contributed by atoms with Gasteiger partial charge in [-0.15, -0.1) is 11.3 Å². The highest BCUT2D eigenvalue weighted by Crippen LogP contribution is 2.26.